The summed E-state index contributed by atoms with van der Waals surface area (Å²) in [5.74, 6) is 0.604. The second-order valence-corrected chi connectivity index (χ2v) is 5.68. The van der Waals surface area contributed by atoms with Gasteiger partial charge in [0.2, 0.25) is 0 Å². The maximum atomic E-state index is 12.0. The standard InChI is InChI=1S/C10H14N4O3S/c1-6-10(8(3)17-13-6)7(2)14-18(15,16)9-4-11-5-12-9/h4-5,7,14H,1-3H3,(H,11,12). The summed E-state index contributed by atoms with van der Waals surface area (Å²) in [6.45, 7) is 5.25. The van der Waals surface area contributed by atoms with Crippen LogP contribution < -0.4 is 4.72 Å². The summed E-state index contributed by atoms with van der Waals surface area (Å²) in [5.41, 5.74) is 1.42. The molecule has 1 atom stereocenters. The van der Waals surface area contributed by atoms with Gasteiger partial charge in [0.1, 0.15) is 5.76 Å². The quantitative estimate of drug-likeness (QED) is 0.864. The molecule has 0 saturated heterocycles. The summed E-state index contributed by atoms with van der Waals surface area (Å²) in [6.07, 6.45) is 2.57. The molecular weight excluding hydrogens is 256 g/mol. The first kappa shape index (κ1) is 12.8. The van der Waals surface area contributed by atoms with E-state index >= 15 is 0 Å². The second-order valence-electron chi connectivity index (χ2n) is 4.00. The van der Waals surface area contributed by atoms with E-state index in [9.17, 15) is 8.42 Å². The van der Waals surface area contributed by atoms with Crippen molar-refractivity contribution in [3.8, 4) is 0 Å². The number of H-pyrrole nitrogens is 1. The first-order valence-corrected chi connectivity index (χ1v) is 6.83. The Balaban J connectivity index is 2.25. The maximum Gasteiger partial charge on any atom is 0.258 e. The summed E-state index contributed by atoms with van der Waals surface area (Å²) < 4.78 is 31.5. The zero-order valence-electron chi connectivity index (χ0n) is 10.3. The van der Waals surface area contributed by atoms with Gasteiger partial charge in [-0.3, -0.25) is 0 Å². The van der Waals surface area contributed by atoms with Crippen LogP contribution in [-0.2, 0) is 10.0 Å². The first-order chi connectivity index (χ1) is 8.42. The van der Waals surface area contributed by atoms with Crippen LogP contribution in [-0.4, -0.2) is 23.5 Å². The number of nitrogens with one attached hydrogen (secondary N) is 2. The number of hydrogen-bond acceptors (Lipinski definition) is 5. The molecule has 2 aromatic rings. The first-order valence-electron chi connectivity index (χ1n) is 5.35. The van der Waals surface area contributed by atoms with Gasteiger partial charge in [-0.1, -0.05) is 5.16 Å². The molecular formula is C10H14N4O3S. The van der Waals surface area contributed by atoms with E-state index in [-0.39, 0.29) is 5.03 Å². The Morgan fingerprint density at radius 1 is 1.44 bits per heavy atom. The predicted molar refractivity (Wildman–Crippen MR) is 63.3 cm³/mol. The highest BCUT2D eigenvalue weighted by molar-refractivity contribution is 7.89. The Morgan fingerprint density at radius 2 is 2.17 bits per heavy atom. The molecule has 0 amide bonds. The van der Waals surface area contributed by atoms with Gasteiger partial charge in [0.05, 0.1) is 18.2 Å². The molecule has 2 N–H and O–H groups in total. The van der Waals surface area contributed by atoms with Crippen molar-refractivity contribution in [2.45, 2.75) is 31.8 Å². The normalized spacial score (nSPS) is 13.7. The topological polar surface area (TPSA) is 101 Å². The Labute approximate surface area is 105 Å². The molecule has 98 valence electrons. The molecule has 0 radical (unpaired) electrons. The third kappa shape index (κ3) is 2.29. The average molecular weight is 270 g/mol. The molecule has 0 aliphatic carbocycles. The molecule has 8 heteroatoms. The number of aryl methyl sites for hydroxylation is 2. The van der Waals surface area contributed by atoms with Gasteiger partial charge in [-0.25, -0.2) is 18.1 Å². The number of sulfonamides is 1. The molecule has 2 aromatic heterocycles. The highest BCUT2D eigenvalue weighted by Gasteiger charge is 2.23. The maximum absolute atomic E-state index is 12.0. The lowest BCUT2D eigenvalue weighted by molar-refractivity contribution is 0.391. The van der Waals surface area contributed by atoms with Crippen LogP contribution in [0.2, 0.25) is 0 Å². The van der Waals surface area contributed by atoms with Crippen LogP contribution in [0, 0.1) is 13.8 Å². The SMILES string of the molecule is Cc1noc(C)c1C(C)NS(=O)(=O)c1cnc[nH]1. The molecule has 0 aromatic carbocycles. The Bertz CT molecular complexity index is 611. The Hall–Kier alpha value is -1.67. The van der Waals surface area contributed by atoms with Gasteiger partial charge in [-0.2, -0.15) is 0 Å². The van der Waals surface area contributed by atoms with Crippen LogP contribution >= 0.6 is 0 Å². The molecule has 0 spiro atoms. The fourth-order valence-corrected chi connectivity index (χ4v) is 2.97. The lowest BCUT2D eigenvalue weighted by Gasteiger charge is -2.12. The molecule has 18 heavy (non-hydrogen) atoms. The van der Waals surface area contributed by atoms with Crippen LogP contribution in [0.4, 0.5) is 0 Å². The average Bonchev–Trinajstić information content (AvgIpc) is 2.88. The van der Waals surface area contributed by atoms with Crippen molar-refractivity contribution in [2.75, 3.05) is 0 Å². The smallest absolute Gasteiger partial charge is 0.258 e. The van der Waals surface area contributed by atoms with Crippen molar-refractivity contribution in [1.29, 1.82) is 0 Å². The highest BCUT2D eigenvalue weighted by atomic mass is 32.2. The van der Waals surface area contributed by atoms with Crippen LogP contribution in [0.25, 0.3) is 0 Å². The summed E-state index contributed by atoms with van der Waals surface area (Å²) in [4.78, 5) is 6.24. The van der Waals surface area contributed by atoms with Crippen LogP contribution in [0.3, 0.4) is 0 Å². The van der Waals surface area contributed by atoms with E-state index in [1.54, 1.807) is 20.8 Å². The Morgan fingerprint density at radius 3 is 2.67 bits per heavy atom. The Kier molecular flexibility index (Phi) is 3.22. The third-order valence-electron chi connectivity index (χ3n) is 2.62. The van der Waals surface area contributed by atoms with Gasteiger partial charge >= 0.3 is 0 Å². The van der Waals surface area contributed by atoms with Crippen molar-refractivity contribution in [1.82, 2.24) is 19.8 Å². The monoisotopic (exact) mass is 270 g/mol. The number of imidazole rings is 1. The fourth-order valence-electron chi connectivity index (χ4n) is 1.85. The summed E-state index contributed by atoms with van der Waals surface area (Å²) in [7, 11) is -3.61. The van der Waals surface area contributed by atoms with E-state index in [2.05, 4.69) is 19.8 Å². The van der Waals surface area contributed by atoms with Gasteiger partial charge < -0.3 is 9.51 Å². The second kappa shape index (κ2) is 4.54. The molecule has 0 aliphatic rings. The van der Waals surface area contributed by atoms with Crippen LogP contribution in [0.1, 0.15) is 30.0 Å². The summed E-state index contributed by atoms with van der Waals surface area (Å²) in [5, 5.41) is 3.83. The molecule has 2 rings (SSSR count). The van der Waals surface area contributed by atoms with E-state index in [0.29, 0.717) is 11.5 Å². The van der Waals surface area contributed by atoms with Gasteiger partial charge in [0, 0.05) is 11.6 Å². The van der Waals surface area contributed by atoms with E-state index in [1.165, 1.54) is 12.5 Å². The fraction of sp³-hybridized carbons (Fsp3) is 0.400. The van der Waals surface area contributed by atoms with Gasteiger partial charge in [-0.05, 0) is 20.8 Å². The largest absolute Gasteiger partial charge is 0.361 e. The van der Waals surface area contributed by atoms with E-state index in [0.717, 1.165) is 5.56 Å². The van der Waals surface area contributed by atoms with Crippen molar-refractivity contribution >= 4 is 10.0 Å². The van der Waals surface area contributed by atoms with E-state index in [1.807, 2.05) is 0 Å². The molecule has 0 fully saturated rings. The minimum atomic E-state index is -3.61. The number of aromatic amines is 1. The number of rotatable bonds is 4. The minimum absolute atomic E-state index is 0.0288. The summed E-state index contributed by atoms with van der Waals surface area (Å²) >= 11 is 0. The minimum Gasteiger partial charge on any atom is -0.361 e. The number of nitrogens with zero attached hydrogens (tertiary/aromatic N) is 2. The molecule has 0 bridgehead atoms. The number of aromatic nitrogens is 3. The summed E-state index contributed by atoms with van der Waals surface area (Å²) in [6, 6.07) is -0.426. The lowest BCUT2D eigenvalue weighted by Crippen LogP contribution is -2.27. The molecule has 7 nitrogen and oxygen atoms in total. The van der Waals surface area contributed by atoms with Crippen LogP contribution in [0.5, 0.6) is 0 Å². The molecule has 2 heterocycles. The molecule has 0 saturated carbocycles. The zero-order valence-corrected chi connectivity index (χ0v) is 11.1. The van der Waals surface area contributed by atoms with Crippen molar-refractivity contribution in [3.05, 3.63) is 29.5 Å². The predicted octanol–water partition coefficient (Wildman–Crippen LogP) is 1.05. The van der Waals surface area contributed by atoms with E-state index < -0.39 is 16.1 Å². The van der Waals surface area contributed by atoms with Gasteiger partial charge in [0.25, 0.3) is 10.0 Å². The van der Waals surface area contributed by atoms with Crippen molar-refractivity contribution in [3.63, 3.8) is 0 Å². The zero-order chi connectivity index (χ0) is 13.3. The van der Waals surface area contributed by atoms with Gasteiger partial charge in [-0.15, -0.1) is 0 Å². The number of hydrogen-bond donors (Lipinski definition) is 2. The van der Waals surface area contributed by atoms with E-state index in [4.69, 9.17) is 4.52 Å². The van der Waals surface area contributed by atoms with Crippen molar-refractivity contribution in [2.24, 2.45) is 0 Å². The van der Waals surface area contributed by atoms with Crippen LogP contribution in [0.15, 0.2) is 22.1 Å². The molecule has 0 aliphatic heterocycles. The van der Waals surface area contributed by atoms with Crippen molar-refractivity contribution < 1.29 is 12.9 Å². The van der Waals surface area contributed by atoms with Gasteiger partial charge in [0.15, 0.2) is 5.03 Å². The highest BCUT2D eigenvalue weighted by Crippen LogP contribution is 2.22. The lowest BCUT2D eigenvalue weighted by atomic mass is 10.1. The third-order valence-corrected chi connectivity index (χ3v) is 4.08. The molecule has 1 unspecified atom stereocenters.